The van der Waals surface area contributed by atoms with Crippen LogP contribution in [-0.2, 0) is 16.0 Å². The minimum absolute atomic E-state index is 0.313. The van der Waals surface area contributed by atoms with E-state index in [1.54, 1.807) is 7.05 Å². The summed E-state index contributed by atoms with van der Waals surface area (Å²) in [5.74, 6) is 1.17. The molecule has 0 N–H and O–H groups in total. The molecule has 4 heteroatoms. The van der Waals surface area contributed by atoms with Gasteiger partial charge in [-0.1, -0.05) is 0 Å². The van der Waals surface area contributed by atoms with Gasteiger partial charge >= 0.3 is 0 Å². The van der Waals surface area contributed by atoms with Crippen molar-refractivity contribution in [1.82, 2.24) is 4.90 Å². The summed E-state index contributed by atoms with van der Waals surface area (Å²) in [7, 11) is 1.59. The molecule has 0 radical (unpaired) electrons. The van der Waals surface area contributed by atoms with Gasteiger partial charge in [0.2, 0.25) is 6.29 Å². The van der Waals surface area contributed by atoms with E-state index in [0.29, 0.717) is 19.3 Å². The Bertz CT molecular complexity index is 330. The third-order valence-electron chi connectivity index (χ3n) is 1.97. The zero-order valence-electron chi connectivity index (χ0n) is 8.32. The molecule has 0 saturated carbocycles. The summed E-state index contributed by atoms with van der Waals surface area (Å²) in [5, 5.41) is 0. The third-order valence-corrected chi connectivity index (χ3v) is 1.97. The molecule has 0 saturated heterocycles. The maximum absolute atomic E-state index is 10.9. The number of likely N-dealkylation sites (N-methyl/N-ethyl adjacent to an activating group) is 1. The summed E-state index contributed by atoms with van der Waals surface area (Å²) in [6, 6.07) is 3.74. The van der Waals surface area contributed by atoms with Crippen molar-refractivity contribution in [3.63, 3.8) is 0 Å². The topological polar surface area (TPSA) is 50.5 Å². The Morgan fingerprint density at radius 3 is 2.79 bits per heavy atom. The molecule has 0 atom stereocenters. The number of furan rings is 1. The summed E-state index contributed by atoms with van der Waals surface area (Å²) < 4.78 is 5.32. The molecular weight excluding hydrogens is 182 g/mol. The molecule has 0 bridgehead atoms. The highest BCUT2D eigenvalue weighted by Gasteiger charge is 2.07. The summed E-state index contributed by atoms with van der Waals surface area (Å²) in [6.07, 6.45) is 0.942. The highest BCUT2D eigenvalue weighted by atomic mass is 16.3. The number of amides is 1. The molecule has 0 aromatic carbocycles. The highest BCUT2D eigenvalue weighted by molar-refractivity contribution is 6.23. The van der Waals surface area contributed by atoms with Crippen molar-refractivity contribution in [2.75, 3.05) is 13.6 Å². The Balaban J connectivity index is 2.41. The lowest BCUT2D eigenvalue weighted by molar-refractivity contribution is -0.137. The fourth-order valence-corrected chi connectivity index (χ4v) is 1.10. The predicted octanol–water partition coefficient (Wildman–Crippen LogP) is 0.788. The second kappa shape index (κ2) is 4.60. The van der Waals surface area contributed by atoms with Gasteiger partial charge in [0.05, 0.1) is 0 Å². The molecule has 1 amide bonds. The van der Waals surface area contributed by atoms with E-state index in [1.807, 2.05) is 19.1 Å². The highest BCUT2D eigenvalue weighted by Crippen LogP contribution is 2.07. The number of hydrogen-bond donors (Lipinski definition) is 0. The van der Waals surface area contributed by atoms with Crippen LogP contribution in [-0.4, -0.2) is 30.7 Å². The van der Waals surface area contributed by atoms with E-state index >= 15 is 0 Å². The zero-order valence-corrected chi connectivity index (χ0v) is 8.32. The van der Waals surface area contributed by atoms with Crippen LogP contribution < -0.4 is 0 Å². The van der Waals surface area contributed by atoms with Crippen LogP contribution in [0, 0.1) is 6.92 Å². The predicted molar refractivity (Wildman–Crippen MR) is 50.9 cm³/mol. The minimum Gasteiger partial charge on any atom is -0.466 e. The van der Waals surface area contributed by atoms with Crippen LogP contribution in [0.15, 0.2) is 16.5 Å². The normalized spacial score (nSPS) is 9.86. The first kappa shape index (κ1) is 10.5. The third kappa shape index (κ3) is 2.73. The van der Waals surface area contributed by atoms with Crippen LogP contribution in [0.3, 0.4) is 0 Å². The van der Waals surface area contributed by atoms with Gasteiger partial charge in [0, 0.05) is 20.0 Å². The summed E-state index contributed by atoms with van der Waals surface area (Å²) in [4.78, 5) is 22.4. The molecule has 0 spiro atoms. The van der Waals surface area contributed by atoms with Gasteiger partial charge in [-0.2, -0.15) is 0 Å². The Morgan fingerprint density at radius 2 is 2.29 bits per heavy atom. The SMILES string of the molecule is Cc1ccc(CCN(C)C(=O)C=O)o1. The van der Waals surface area contributed by atoms with Crippen molar-refractivity contribution in [2.24, 2.45) is 0 Å². The van der Waals surface area contributed by atoms with E-state index < -0.39 is 5.91 Å². The number of aldehydes is 1. The van der Waals surface area contributed by atoms with E-state index in [1.165, 1.54) is 4.90 Å². The zero-order chi connectivity index (χ0) is 10.6. The molecule has 0 aliphatic rings. The van der Waals surface area contributed by atoms with Gasteiger partial charge in [0.1, 0.15) is 11.5 Å². The summed E-state index contributed by atoms with van der Waals surface area (Å²) in [6.45, 7) is 2.36. The maximum atomic E-state index is 10.9. The lowest BCUT2D eigenvalue weighted by atomic mass is 10.3. The Labute approximate surface area is 82.5 Å². The first-order chi connectivity index (χ1) is 6.63. The van der Waals surface area contributed by atoms with Crippen molar-refractivity contribution in [3.05, 3.63) is 23.7 Å². The first-order valence-electron chi connectivity index (χ1n) is 4.39. The van der Waals surface area contributed by atoms with Crippen LogP contribution >= 0.6 is 0 Å². The molecular formula is C10H13NO3. The number of aryl methyl sites for hydroxylation is 1. The Morgan fingerprint density at radius 1 is 1.57 bits per heavy atom. The first-order valence-corrected chi connectivity index (χ1v) is 4.39. The second-order valence-corrected chi connectivity index (χ2v) is 3.14. The van der Waals surface area contributed by atoms with Gasteiger partial charge in [-0.3, -0.25) is 9.59 Å². The molecule has 0 unspecified atom stereocenters. The number of rotatable bonds is 4. The second-order valence-electron chi connectivity index (χ2n) is 3.14. The molecule has 14 heavy (non-hydrogen) atoms. The van der Waals surface area contributed by atoms with Gasteiger partial charge in [-0.25, -0.2) is 0 Å². The molecule has 4 nitrogen and oxygen atoms in total. The van der Waals surface area contributed by atoms with E-state index in [4.69, 9.17) is 4.42 Å². The van der Waals surface area contributed by atoms with E-state index in [9.17, 15) is 9.59 Å². The Kier molecular flexibility index (Phi) is 3.45. The van der Waals surface area contributed by atoms with Gasteiger partial charge in [0.15, 0.2) is 0 Å². The van der Waals surface area contributed by atoms with E-state index in [0.717, 1.165) is 11.5 Å². The van der Waals surface area contributed by atoms with Crippen LogP contribution in [0.1, 0.15) is 11.5 Å². The van der Waals surface area contributed by atoms with Crippen LogP contribution in [0.4, 0.5) is 0 Å². The number of carbonyl (C=O) groups excluding carboxylic acids is 2. The van der Waals surface area contributed by atoms with Crippen molar-refractivity contribution in [3.8, 4) is 0 Å². The quantitative estimate of drug-likeness (QED) is 0.527. The van der Waals surface area contributed by atoms with E-state index in [-0.39, 0.29) is 0 Å². The minimum atomic E-state index is -0.506. The fourth-order valence-electron chi connectivity index (χ4n) is 1.10. The lowest BCUT2D eigenvalue weighted by Crippen LogP contribution is -2.29. The van der Waals surface area contributed by atoms with Gasteiger partial charge in [-0.05, 0) is 19.1 Å². The smallest absolute Gasteiger partial charge is 0.286 e. The fraction of sp³-hybridized carbons (Fsp3) is 0.400. The number of carbonyl (C=O) groups is 2. The monoisotopic (exact) mass is 195 g/mol. The average Bonchev–Trinajstić information content (AvgIpc) is 2.59. The van der Waals surface area contributed by atoms with Crippen LogP contribution in [0.5, 0.6) is 0 Å². The average molecular weight is 195 g/mol. The van der Waals surface area contributed by atoms with Crippen LogP contribution in [0.2, 0.25) is 0 Å². The number of hydrogen-bond acceptors (Lipinski definition) is 3. The van der Waals surface area contributed by atoms with Crippen molar-refractivity contribution < 1.29 is 14.0 Å². The standard InChI is InChI=1S/C10H13NO3/c1-8-3-4-9(14-8)5-6-11(2)10(13)7-12/h3-4,7H,5-6H2,1-2H3. The lowest BCUT2D eigenvalue weighted by Gasteiger charge is -2.11. The van der Waals surface area contributed by atoms with Gasteiger partial charge < -0.3 is 9.32 Å². The summed E-state index contributed by atoms with van der Waals surface area (Å²) in [5.41, 5.74) is 0. The molecule has 76 valence electrons. The summed E-state index contributed by atoms with van der Waals surface area (Å²) >= 11 is 0. The molecule has 1 aromatic rings. The van der Waals surface area contributed by atoms with Gasteiger partial charge in [0.25, 0.3) is 5.91 Å². The molecule has 1 rings (SSSR count). The number of nitrogens with zero attached hydrogens (tertiary/aromatic N) is 1. The van der Waals surface area contributed by atoms with Crippen molar-refractivity contribution in [1.29, 1.82) is 0 Å². The largest absolute Gasteiger partial charge is 0.466 e. The molecule has 0 aliphatic heterocycles. The Hall–Kier alpha value is -1.58. The van der Waals surface area contributed by atoms with Crippen molar-refractivity contribution >= 4 is 12.2 Å². The maximum Gasteiger partial charge on any atom is 0.286 e. The van der Waals surface area contributed by atoms with Crippen LogP contribution in [0.25, 0.3) is 0 Å². The molecule has 0 aliphatic carbocycles. The molecule has 0 fully saturated rings. The van der Waals surface area contributed by atoms with Gasteiger partial charge in [-0.15, -0.1) is 0 Å². The van der Waals surface area contributed by atoms with E-state index in [2.05, 4.69) is 0 Å². The molecule has 1 heterocycles. The molecule has 1 aromatic heterocycles. The van der Waals surface area contributed by atoms with Crippen molar-refractivity contribution in [2.45, 2.75) is 13.3 Å².